The molecule has 2 aromatic carbocycles. The molecule has 4 rings (SSSR count). The van der Waals surface area contributed by atoms with Crippen LogP contribution < -0.4 is 10.2 Å². The molecule has 0 atom stereocenters. The first kappa shape index (κ1) is 21.3. The summed E-state index contributed by atoms with van der Waals surface area (Å²) < 4.78 is 38.9. The second kappa shape index (κ2) is 8.66. The van der Waals surface area contributed by atoms with Gasteiger partial charge in [-0.2, -0.15) is 13.2 Å². The Hall–Kier alpha value is -3.94. The number of hydrogen-bond acceptors (Lipinski definition) is 4. The number of amides is 1. The van der Waals surface area contributed by atoms with Crippen molar-refractivity contribution in [1.82, 2.24) is 9.97 Å². The lowest BCUT2D eigenvalue weighted by Gasteiger charge is -2.18. The lowest BCUT2D eigenvalue weighted by molar-refractivity contribution is -0.137. The van der Waals surface area contributed by atoms with Crippen LogP contribution in [0.15, 0.2) is 79.3 Å². The van der Waals surface area contributed by atoms with Crippen molar-refractivity contribution < 1.29 is 18.0 Å². The highest BCUT2D eigenvalue weighted by Gasteiger charge is 2.30. The molecule has 0 aliphatic rings. The van der Waals surface area contributed by atoms with Crippen molar-refractivity contribution in [1.29, 1.82) is 0 Å². The molecular formula is C24H19F3N4O. The minimum absolute atomic E-state index is 0.139. The highest BCUT2D eigenvalue weighted by atomic mass is 19.4. The van der Waals surface area contributed by atoms with Gasteiger partial charge in [-0.3, -0.25) is 14.8 Å². The third-order valence-electron chi connectivity index (χ3n) is 5.11. The molecule has 0 aliphatic heterocycles. The maximum atomic E-state index is 13.0. The normalized spacial score (nSPS) is 11.4. The zero-order valence-electron chi connectivity index (χ0n) is 17.1. The van der Waals surface area contributed by atoms with Crippen LogP contribution in [0.25, 0.3) is 10.9 Å². The predicted molar refractivity (Wildman–Crippen MR) is 117 cm³/mol. The van der Waals surface area contributed by atoms with Crippen LogP contribution in [0.4, 0.5) is 24.5 Å². The van der Waals surface area contributed by atoms with Gasteiger partial charge in [0.15, 0.2) is 0 Å². The molecule has 0 aliphatic carbocycles. The zero-order valence-corrected chi connectivity index (χ0v) is 17.1. The fraction of sp³-hybridized carbons (Fsp3) is 0.125. The first-order valence-electron chi connectivity index (χ1n) is 9.80. The van der Waals surface area contributed by atoms with Gasteiger partial charge >= 0.3 is 6.18 Å². The van der Waals surface area contributed by atoms with Crippen LogP contribution >= 0.6 is 0 Å². The van der Waals surface area contributed by atoms with Gasteiger partial charge in [0.2, 0.25) is 0 Å². The number of carbonyl (C=O) groups is 1. The van der Waals surface area contributed by atoms with Crippen molar-refractivity contribution in [2.24, 2.45) is 0 Å². The van der Waals surface area contributed by atoms with Gasteiger partial charge in [-0.1, -0.05) is 18.2 Å². The van der Waals surface area contributed by atoms with Crippen molar-refractivity contribution in [3.63, 3.8) is 0 Å². The molecule has 162 valence electrons. The highest BCUT2D eigenvalue weighted by molar-refractivity contribution is 6.05. The smallest absolute Gasteiger partial charge is 0.380 e. The molecule has 1 N–H and O–H groups in total. The number of nitrogens with zero attached hydrogens (tertiary/aromatic N) is 3. The van der Waals surface area contributed by atoms with E-state index in [-0.39, 0.29) is 11.4 Å². The van der Waals surface area contributed by atoms with E-state index in [2.05, 4.69) is 15.3 Å². The van der Waals surface area contributed by atoms with Crippen LogP contribution in [-0.2, 0) is 12.7 Å². The molecule has 32 heavy (non-hydrogen) atoms. The summed E-state index contributed by atoms with van der Waals surface area (Å²) in [5, 5.41) is 3.86. The Morgan fingerprint density at radius 3 is 2.38 bits per heavy atom. The number of aromatic nitrogens is 2. The Kier molecular flexibility index (Phi) is 5.77. The number of benzene rings is 2. The molecule has 2 aromatic heterocycles. The van der Waals surface area contributed by atoms with Crippen LogP contribution in [-0.4, -0.2) is 22.9 Å². The summed E-state index contributed by atoms with van der Waals surface area (Å²) >= 11 is 0. The van der Waals surface area contributed by atoms with Gasteiger partial charge in [0.25, 0.3) is 5.91 Å². The average molecular weight is 436 g/mol. The molecule has 2 heterocycles. The Balaban J connectivity index is 1.46. The molecular weight excluding hydrogens is 417 g/mol. The maximum absolute atomic E-state index is 13.0. The van der Waals surface area contributed by atoms with Gasteiger partial charge in [0.05, 0.1) is 11.1 Å². The minimum Gasteiger partial charge on any atom is -0.380 e. The Morgan fingerprint density at radius 2 is 1.69 bits per heavy atom. The number of pyridine rings is 2. The molecule has 5 nitrogen and oxygen atoms in total. The first-order valence-corrected chi connectivity index (χ1v) is 9.80. The second-order valence-electron chi connectivity index (χ2n) is 7.21. The molecule has 0 unspecified atom stereocenters. The van der Waals surface area contributed by atoms with Crippen LogP contribution in [0.2, 0.25) is 0 Å². The van der Waals surface area contributed by atoms with Gasteiger partial charge < -0.3 is 10.2 Å². The van der Waals surface area contributed by atoms with Gasteiger partial charge in [0.1, 0.15) is 0 Å². The summed E-state index contributed by atoms with van der Waals surface area (Å²) in [6, 6.07) is 16.0. The SMILES string of the molecule is CN(C(=O)c1ccncc1)c1ccc(CNc2ccnc3cc(C(F)(F)F)ccc23)cc1. The Bertz CT molecular complexity index is 1240. The summed E-state index contributed by atoms with van der Waals surface area (Å²) in [5.41, 5.74) is 2.48. The molecule has 0 saturated carbocycles. The van der Waals surface area contributed by atoms with Crippen molar-refractivity contribution in [3.8, 4) is 0 Å². The fourth-order valence-electron chi connectivity index (χ4n) is 3.32. The van der Waals surface area contributed by atoms with E-state index < -0.39 is 11.7 Å². The Morgan fingerprint density at radius 1 is 0.969 bits per heavy atom. The van der Waals surface area contributed by atoms with E-state index in [9.17, 15) is 18.0 Å². The zero-order chi connectivity index (χ0) is 22.7. The predicted octanol–water partition coefficient (Wildman–Crippen LogP) is 5.54. The topological polar surface area (TPSA) is 58.1 Å². The molecule has 0 fully saturated rings. The van der Waals surface area contributed by atoms with Gasteiger partial charge in [-0.25, -0.2) is 0 Å². The number of hydrogen-bond donors (Lipinski definition) is 1. The summed E-state index contributed by atoms with van der Waals surface area (Å²) in [6.45, 7) is 0.461. The number of rotatable bonds is 5. The van der Waals surface area contributed by atoms with Crippen LogP contribution in [0.5, 0.6) is 0 Å². The van der Waals surface area contributed by atoms with Crippen LogP contribution in [0.3, 0.4) is 0 Å². The first-order chi connectivity index (χ1) is 15.3. The standard InChI is InChI=1S/C24H19F3N4O/c1-31(23(32)17-8-11-28-12-9-17)19-5-2-16(3-6-19)15-30-21-10-13-29-22-14-18(24(25,26)27)4-7-20(21)22/h2-14H,15H2,1H3,(H,29,30). The summed E-state index contributed by atoms with van der Waals surface area (Å²) in [7, 11) is 1.70. The number of alkyl halides is 3. The molecule has 4 aromatic rings. The maximum Gasteiger partial charge on any atom is 0.416 e. The van der Waals surface area contributed by atoms with E-state index in [0.29, 0.717) is 23.2 Å². The van der Waals surface area contributed by atoms with Crippen molar-refractivity contribution in [2.75, 3.05) is 17.3 Å². The lowest BCUT2D eigenvalue weighted by atomic mass is 10.1. The monoisotopic (exact) mass is 436 g/mol. The number of carbonyl (C=O) groups excluding carboxylic acids is 1. The summed E-state index contributed by atoms with van der Waals surface area (Å²) in [4.78, 5) is 22.1. The molecule has 0 saturated heterocycles. The van der Waals surface area contributed by atoms with E-state index in [0.717, 1.165) is 23.4 Å². The van der Waals surface area contributed by atoms with Crippen molar-refractivity contribution in [3.05, 3.63) is 95.9 Å². The lowest BCUT2D eigenvalue weighted by Crippen LogP contribution is -2.26. The number of fused-ring (bicyclic) bond motifs is 1. The third-order valence-corrected chi connectivity index (χ3v) is 5.11. The molecule has 0 bridgehead atoms. The molecule has 8 heteroatoms. The molecule has 0 radical (unpaired) electrons. The molecule has 1 amide bonds. The summed E-state index contributed by atoms with van der Waals surface area (Å²) in [6.07, 6.45) is 0.214. The number of anilines is 2. The van der Waals surface area contributed by atoms with E-state index >= 15 is 0 Å². The third kappa shape index (κ3) is 4.54. The van der Waals surface area contributed by atoms with E-state index in [4.69, 9.17) is 0 Å². The number of halogens is 3. The number of nitrogens with one attached hydrogen (secondary N) is 1. The van der Waals surface area contributed by atoms with Gasteiger partial charge in [-0.05, 0) is 48.0 Å². The van der Waals surface area contributed by atoms with E-state index in [1.54, 1.807) is 42.5 Å². The molecule has 0 spiro atoms. The van der Waals surface area contributed by atoms with Crippen LogP contribution in [0.1, 0.15) is 21.5 Å². The minimum atomic E-state index is -4.41. The highest BCUT2D eigenvalue weighted by Crippen LogP contribution is 2.32. The average Bonchev–Trinajstić information content (AvgIpc) is 2.81. The van der Waals surface area contributed by atoms with Crippen LogP contribution in [0, 0.1) is 0 Å². The van der Waals surface area contributed by atoms with Crippen molar-refractivity contribution in [2.45, 2.75) is 12.7 Å². The van der Waals surface area contributed by atoms with Crippen molar-refractivity contribution >= 4 is 28.2 Å². The largest absolute Gasteiger partial charge is 0.416 e. The fourth-order valence-corrected chi connectivity index (χ4v) is 3.32. The van der Waals surface area contributed by atoms with Gasteiger partial charge in [-0.15, -0.1) is 0 Å². The van der Waals surface area contributed by atoms with E-state index in [1.807, 2.05) is 24.3 Å². The second-order valence-corrected chi connectivity index (χ2v) is 7.21. The Labute approximate surface area is 182 Å². The van der Waals surface area contributed by atoms with E-state index in [1.165, 1.54) is 12.3 Å². The quantitative estimate of drug-likeness (QED) is 0.447. The van der Waals surface area contributed by atoms with Gasteiger partial charge in [0, 0.05) is 54.5 Å². The summed E-state index contributed by atoms with van der Waals surface area (Å²) in [5.74, 6) is -0.139.